The van der Waals surface area contributed by atoms with Gasteiger partial charge in [-0.1, -0.05) is 48.0 Å². The third-order valence-corrected chi connectivity index (χ3v) is 5.66. The Labute approximate surface area is 199 Å². The van der Waals surface area contributed by atoms with Crippen LogP contribution in [0.5, 0.6) is 17.5 Å². The fourth-order valence-corrected chi connectivity index (χ4v) is 3.97. The Bertz CT molecular complexity index is 1560. The molecular weight excluding hydrogens is 454 g/mol. The number of ether oxygens (including phenoxy) is 1. The first-order valence-corrected chi connectivity index (χ1v) is 10.9. The SMILES string of the molecule is Cc1cc(Oc2ccc3n(c2)c(=O)c(-c2ccccc2)c([O-])[n+]3Cc2ccc(Cl)nc2)n(C)n1. The normalized spacial score (nSPS) is 11.1. The average molecular weight is 474 g/mol. The Morgan fingerprint density at radius 3 is 2.59 bits per heavy atom. The molecule has 0 fully saturated rings. The number of pyridine rings is 2. The molecule has 0 unspecified atom stereocenters. The van der Waals surface area contributed by atoms with Gasteiger partial charge in [0.2, 0.25) is 5.88 Å². The van der Waals surface area contributed by atoms with Gasteiger partial charge in [0.05, 0.1) is 11.6 Å². The van der Waals surface area contributed by atoms with Crippen molar-refractivity contribution in [1.82, 2.24) is 19.2 Å². The van der Waals surface area contributed by atoms with Crippen LogP contribution in [0.3, 0.4) is 0 Å². The van der Waals surface area contributed by atoms with Crippen LogP contribution in [0.4, 0.5) is 0 Å². The summed E-state index contributed by atoms with van der Waals surface area (Å²) in [6.07, 6.45) is 3.20. The summed E-state index contributed by atoms with van der Waals surface area (Å²) in [5, 5.41) is 18.2. The Balaban J connectivity index is 1.71. The van der Waals surface area contributed by atoms with E-state index in [4.69, 9.17) is 16.3 Å². The topological polar surface area (TPSA) is 88.4 Å². The van der Waals surface area contributed by atoms with Crippen LogP contribution in [0.1, 0.15) is 11.3 Å². The average Bonchev–Trinajstić information content (AvgIpc) is 3.15. The quantitative estimate of drug-likeness (QED) is 0.289. The number of aromatic nitrogens is 5. The van der Waals surface area contributed by atoms with Gasteiger partial charge in [0.1, 0.15) is 23.5 Å². The van der Waals surface area contributed by atoms with Gasteiger partial charge >= 0.3 is 5.56 Å². The Kier molecular flexibility index (Phi) is 5.51. The molecule has 0 spiro atoms. The van der Waals surface area contributed by atoms with Gasteiger partial charge in [-0.15, -0.1) is 0 Å². The van der Waals surface area contributed by atoms with Gasteiger partial charge in [-0.3, -0.25) is 0 Å². The van der Waals surface area contributed by atoms with E-state index in [1.54, 1.807) is 83.3 Å². The monoisotopic (exact) mass is 473 g/mol. The molecule has 1 aromatic carbocycles. The Morgan fingerprint density at radius 1 is 1.12 bits per heavy atom. The number of aryl methyl sites for hydroxylation is 2. The maximum atomic E-state index is 13.6. The number of rotatable bonds is 5. The Hall–Kier alpha value is -4.17. The van der Waals surface area contributed by atoms with Gasteiger partial charge in [0, 0.05) is 30.9 Å². The number of fused-ring (bicyclic) bond motifs is 1. The summed E-state index contributed by atoms with van der Waals surface area (Å²) >= 11 is 5.92. The first-order valence-electron chi connectivity index (χ1n) is 10.5. The number of nitrogens with zero attached hydrogens (tertiary/aromatic N) is 5. The predicted octanol–water partition coefficient (Wildman–Crippen LogP) is 3.26. The second-order valence-corrected chi connectivity index (χ2v) is 8.26. The number of hydrogen-bond donors (Lipinski definition) is 0. The van der Waals surface area contributed by atoms with E-state index in [0.717, 1.165) is 11.3 Å². The number of hydrogen-bond acceptors (Lipinski definition) is 5. The van der Waals surface area contributed by atoms with Crippen molar-refractivity contribution in [2.75, 3.05) is 0 Å². The molecule has 4 heterocycles. The summed E-state index contributed by atoms with van der Waals surface area (Å²) in [5.41, 5.74) is 2.21. The molecule has 0 aliphatic carbocycles. The zero-order chi connectivity index (χ0) is 23.8. The van der Waals surface area contributed by atoms with Gasteiger partial charge < -0.3 is 9.84 Å². The van der Waals surface area contributed by atoms with E-state index < -0.39 is 5.56 Å². The number of benzene rings is 1. The molecule has 5 aromatic rings. The lowest BCUT2D eigenvalue weighted by Gasteiger charge is -2.17. The molecule has 34 heavy (non-hydrogen) atoms. The van der Waals surface area contributed by atoms with Crippen LogP contribution in [0, 0.1) is 6.92 Å². The third-order valence-electron chi connectivity index (χ3n) is 5.44. The second kappa shape index (κ2) is 8.64. The van der Waals surface area contributed by atoms with Crippen LogP contribution in [0.2, 0.25) is 5.15 Å². The predicted molar refractivity (Wildman–Crippen MR) is 125 cm³/mol. The van der Waals surface area contributed by atoms with Crippen LogP contribution in [-0.2, 0) is 13.6 Å². The summed E-state index contributed by atoms with van der Waals surface area (Å²) in [4.78, 5) is 17.6. The highest BCUT2D eigenvalue weighted by Gasteiger charge is 2.21. The summed E-state index contributed by atoms with van der Waals surface area (Å²) in [7, 11) is 1.78. The van der Waals surface area contributed by atoms with E-state index in [2.05, 4.69) is 10.1 Å². The molecule has 0 saturated heterocycles. The lowest BCUT2D eigenvalue weighted by atomic mass is 10.1. The van der Waals surface area contributed by atoms with Crippen LogP contribution < -0.4 is 20.0 Å². The third kappa shape index (κ3) is 3.99. The lowest BCUT2D eigenvalue weighted by Crippen LogP contribution is -2.44. The minimum Gasteiger partial charge on any atom is -0.842 e. The zero-order valence-corrected chi connectivity index (χ0v) is 19.2. The molecule has 8 nitrogen and oxygen atoms in total. The molecule has 4 aromatic heterocycles. The van der Waals surface area contributed by atoms with E-state index in [-0.39, 0.29) is 18.0 Å². The van der Waals surface area contributed by atoms with Crippen LogP contribution >= 0.6 is 11.6 Å². The standard InChI is InChI=1S/C25H20ClN5O3/c1-16-12-22(29(2)28-16)34-19-9-11-21-30(14-17-8-10-20(26)27-13-17)24(32)23(25(33)31(21)15-19)18-6-4-3-5-7-18/h3-13,15H,14H2,1-2H3. The molecule has 0 aliphatic heterocycles. The van der Waals surface area contributed by atoms with Crippen molar-refractivity contribution >= 4 is 17.2 Å². The van der Waals surface area contributed by atoms with Crippen LogP contribution in [0.15, 0.2) is 77.9 Å². The van der Waals surface area contributed by atoms with E-state index in [0.29, 0.717) is 28.0 Å². The Morgan fingerprint density at radius 2 is 1.91 bits per heavy atom. The van der Waals surface area contributed by atoms with Gasteiger partial charge in [0.25, 0.3) is 5.65 Å². The van der Waals surface area contributed by atoms with Crippen LogP contribution in [0.25, 0.3) is 16.8 Å². The van der Waals surface area contributed by atoms with E-state index in [9.17, 15) is 9.90 Å². The summed E-state index contributed by atoms with van der Waals surface area (Å²) < 4.78 is 10.6. The van der Waals surface area contributed by atoms with Crippen molar-refractivity contribution in [3.63, 3.8) is 0 Å². The molecule has 0 aliphatic rings. The van der Waals surface area contributed by atoms with Gasteiger partial charge in [-0.25, -0.2) is 19.0 Å². The van der Waals surface area contributed by atoms with Crippen molar-refractivity contribution in [2.45, 2.75) is 13.5 Å². The molecular formula is C25H20ClN5O3. The maximum absolute atomic E-state index is 13.6. The minimum atomic E-state index is -0.427. The van der Waals surface area contributed by atoms with Crippen molar-refractivity contribution in [3.8, 4) is 28.6 Å². The van der Waals surface area contributed by atoms with Gasteiger partial charge in [0.15, 0.2) is 5.75 Å². The smallest absolute Gasteiger partial charge is 0.349 e. The minimum absolute atomic E-state index is 0.0774. The second-order valence-electron chi connectivity index (χ2n) is 7.87. The first kappa shape index (κ1) is 21.7. The van der Waals surface area contributed by atoms with Gasteiger partial charge in [-0.2, -0.15) is 9.50 Å². The largest absolute Gasteiger partial charge is 0.842 e. The van der Waals surface area contributed by atoms with Gasteiger partial charge in [-0.05, 0) is 24.6 Å². The summed E-state index contributed by atoms with van der Waals surface area (Å²) in [6.45, 7) is 2.09. The molecule has 0 saturated carbocycles. The molecule has 5 rings (SSSR count). The summed E-state index contributed by atoms with van der Waals surface area (Å²) in [5.74, 6) is 0.589. The molecule has 170 valence electrons. The molecule has 0 N–H and O–H groups in total. The molecule has 0 atom stereocenters. The highest BCUT2D eigenvalue weighted by molar-refractivity contribution is 6.29. The zero-order valence-electron chi connectivity index (χ0n) is 18.5. The molecule has 0 radical (unpaired) electrons. The highest BCUT2D eigenvalue weighted by Crippen LogP contribution is 2.25. The van der Waals surface area contributed by atoms with E-state index in [1.807, 2.05) is 13.0 Å². The van der Waals surface area contributed by atoms with Crippen molar-refractivity contribution in [2.24, 2.45) is 7.05 Å². The lowest BCUT2D eigenvalue weighted by molar-refractivity contribution is -0.708. The fraction of sp³-hybridized carbons (Fsp3) is 0.120. The summed E-state index contributed by atoms with van der Waals surface area (Å²) in [6, 6.07) is 17.6. The van der Waals surface area contributed by atoms with Crippen molar-refractivity contribution in [3.05, 3.63) is 99.8 Å². The molecule has 9 heteroatoms. The number of halogens is 1. The van der Waals surface area contributed by atoms with E-state index >= 15 is 0 Å². The molecule has 0 bridgehead atoms. The fourth-order valence-electron chi connectivity index (χ4n) is 3.86. The van der Waals surface area contributed by atoms with Crippen LogP contribution in [-0.4, -0.2) is 19.2 Å². The van der Waals surface area contributed by atoms with Crippen molar-refractivity contribution < 1.29 is 14.4 Å². The van der Waals surface area contributed by atoms with Crippen molar-refractivity contribution in [1.29, 1.82) is 0 Å². The first-order chi connectivity index (χ1) is 16.4. The highest BCUT2D eigenvalue weighted by atomic mass is 35.5. The van der Waals surface area contributed by atoms with E-state index in [1.165, 1.54) is 4.40 Å². The molecule has 0 amide bonds. The maximum Gasteiger partial charge on any atom is 0.349 e.